The number of amides is 1. The molecule has 0 aliphatic heterocycles. The Hall–Kier alpha value is -1.62. The number of esters is 1. The Morgan fingerprint density at radius 3 is 2.55 bits per heavy atom. The summed E-state index contributed by atoms with van der Waals surface area (Å²) < 4.78 is 18.2. The maximum atomic E-state index is 13.5. The molecule has 20 heavy (non-hydrogen) atoms. The summed E-state index contributed by atoms with van der Waals surface area (Å²) in [6.45, 7) is 5.03. The van der Waals surface area contributed by atoms with Crippen LogP contribution in [0.2, 0.25) is 5.02 Å². The molecule has 1 aromatic carbocycles. The first-order valence-corrected chi connectivity index (χ1v) is 6.46. The Labute approximate surface area is 122 Å². The maximum Gasteiger partial charge on any atom is 0.310 e. The van der Waals surface area contributed by atoms with Crippen LogP contribution in [-0.4, -0.2) is 24.0 Å². The van der Waals surface area contributed by atoms with Gasteiger partial charge in [-0.05, 0) is 32.9 Å². The van der Waals surface area contributed by atoms with Gasteiger partial charge in [0.1, 0.15) is 5.82 Å². The van der Waals surface area contributed by atoms with Crippen LogP contribution >= 0.6 is 11.6 Å². The Morgan fingerprint density at radius 2 is 2.00 bits per heavy atom. The molecule has 1 N–H and O–H groups in total. The van der Waals surface area contributed by atoms with Crippen LogP contribution in [0.1, 0.15) is 26.3 Å². The Bertz CT molecular complexity index is 491. The fourth-order valence-corrected chi connectivity index (χ4v) is 1.73. The van der Waals surface area contributed by atoms with Gasteiger partial charge in [-0.2, -0.15) is 0 Å². The minimum Gasteiger partial charge on any atom is -0.455 e. The van der Waals surface area contributed by atoms with Crippen LogP contribution in [0.15, 0.2) is 18.2 Å². The molecule has 0 fully saturated rings. The summed E-state index contributed by atoms with van der Waals surface area (Å²) in [6.07, 6.45) is -0.311. The predicted molar refractivity (Wildman–Crippen MR) is 74.0 cm³/mol. The summed E-state index contributed by atoms with van der Waals surface area (Å²) >= 11 is 5.80. The maximum absolute atomic E-state index is 13.5. The molecule has 110 valence electrons. The highest BCUT2D eigenvalue weighted by molar-refractivity contribution is 6.31. The van der Waals surface area contributed by atoms with E-state index in [0.717, 1.165) is 0 Å². The lowest BCUT2D eigenvalue weighted by atomic mass is 10.1. The van der Waals surface area contributed by atoms with Crippen LogP contribution in [0, 0.1) is 5.82 Å². The van der Waals surface area contributed by atoms with Crippen molar-refractivity contribution < 1.29 is 18.7 Å². The number of carbonyl (C=O) groups excluding carboxylic acids is 2. The molecule has 0 saturated carbocycles. The van der Waals surface area contributed by atoms with E-state index in [-0.39, 0.29) is 17.0 Å². The smallest absolute Gasteiger partial charge is 0.310 e. The summed E-state index contributed by atoms with van der Waals surface area (Å²) in [5.41, 5.74) is -0.339. The van der Waals surface area contributed by atoms with Gasteiger partial charge in [-0.25, -0.2) is 4.39 Å². The van der Waals surface area contributed by atoms with Gasteiger partial charge in [0, 0.05) is 16.1 Å². The van der Waals surface area contributed by atoms with Gasteiger partial charge in [0.15, 0.2) is 6.61 Å². The van der Waals surface area contributed by atoms with E-state index in [1.54, 1.807) is 0 Å². The molecular weight excluding hydrogens is 285 g/mol. The zero-order chi connectivity index (χ0) is 15.3. The van der Waals surface area contributed by atoms with E-state index >= 15 is 0 Å². The minimum atomic E-state index is -0.707. The lowest BCUT2D eigenvalue weighted by Gasteiger charge is -2.20. The van der Waals surface area contributed by atoms with Gasteiger partial charge in [-0.1, -0.05) is 17.7 Å². The number of halogens is 2. The van der Waals surface area contributed by atoms with E-state index < -0.39 is 29.8 Å². The zero-order valence-corrected chi connectivity index (χ0v) is 12.4. The van der Waals surface area contributed by atoms with Gasteiger partial charge in [0.2, 0.25) is 0 Å². The third kappa shape index (κ3) is 5.57. The van der Waals surface area contributed by atoms with E-state index in [4.69, 9.17) is 16.3 Å². The lowest BCUT2D eigenvalue weighted by molar-refractivity contribution is -0.148. The first-order valence-electron chi connectivity index (χ1n) is 6.08. The second-order valence-electron chi connectivity index (χ2n) is 5.34. The molecule has 4 nitrogen and oxygen atoms in total. The van der Waals surface area contributed by atoms with Crippen LogP contribution in [0.5, 0.6) is 0 Å². The van der Waals surface area contributed by atoms with Crippen molar-refractivity contribution in [3.8, 4) is 0 Å². The summed E-state index contributed by atoms with van der Waals surface area (Å²) in [7, 11) is 0. The molecule has 6 heteroatoms. The van der Waals surface area contributed by atoms with Crippen molar-refractivity contribution in [2.24, 2.45) is 0 Å². The second kappa shape index (κ2) is 6.70. The van der Waals surface area contributed by atoms with Gasteiger partial charge in [-0.3, -0.25) is 9.59 Å². The van der Waals surface area contributed by atoms with Gasteiger partial charge in [0.05, 0.1) is 6.42 Å². The van der Waals surface area contributed by atoms with Crippen LogP contribution in [0.25, 0.3) is 0 Å². The summed E-state index contributed by atoms with van der Waals surface area (Å²) in [5.74, 6) is -1.69. The number of nitrogens with one attached hydrogen (secondary N) is 1. The van der Waals surface area contributed by atoms with Crippen molar-refractivity contribution in [3.05, 3.63) is 34.6 Å². The number of benzene rings is 1. The molecular formula is C14H17ClFNO3. The standard InChI is InChI=1S/C14H17ClFNO3/c1-14(2,3)17-12(18)8-20-13(19)7-9-10(15)5-4-6-11(9)16/h4-6H,7-8H2,1-3H3,(H,17,18). The van der Waals surface area contributed by atoms with Crippen molar-refractivity contribution >= 4 is 23.5 Å². The minimum absolute atomic E-state index is 0.0652. The first kappa shape index (κ1) is 16.4. The monoisotopic (exact) mass is 301 g/mol. The fourth-order valence-electron chi connectivity index (χ4n) is 1.50. The molecule has 1 aromatic rings. The average Bonchev–Trinajstić information content (AvgIpc) is 2.29. The summed E-state index contributed by atoms with van der Waals surface area (Å²) in [6, 6.07) is 4.14. The molecule has 0 aliphatic rings. The average molecular weight is 302 g/mol. The molecule has 0 atom stereocenters. The van der Waals surface area contributed by atoms with E-state index in [1.807, 2.05) is 20.8 Å². The third-order valence-corrected chi connectivity index (χ3v) is 2.62. The van der Waals surface area contributed by atoms with Crippen molar-refractivity contribution in [2.75, 3.05) is 6.61 Å². The van der Waals surface area contributed by atoms with Gasteiger partial charge in [0.25, 0.3) is 5.91 Å². The number of rotatable bonds is 4. The first-order chi connectivity index (χ1) is 9.19. The third-order valence-electron chi connectivity index (χ3n) is 2.26. The molecule has 0 heterocycles. The number of hydrogen-bond acceptors (Lipinski definition) is 3. The number of hydrogen-bond donors (Lipinski definition) is 1. The van der Waals surface area contributed by atoms with Gasteiger partial charge >= 0.3 is 5.97 Å². The Morgan fingerprint density at radius 1 is 1.35 bits per heavy atom. The van der Waals surface area contributed by atoms with Crippen molar-refractivity contribution in [1.29, 1.82) is 0 Å². The largest absolute Gasteiger partial charge is 0.455 e. The number of ether oxygens (including phenoxy) is 1. The van der Waals surface area contributed by atoms with Crippen LogP contribution < -0.4 is 5.32 Å². The molecule has 0 bridgehead atoms. The summed E-state index contributed by atoms with van der Waals surface area (Å²) in [4.78, 5) is 23.0. The summed E-state index contributed by atoms with van der Waals surface area (Å²) in [5, 5.41) is 2.80. The molecule has 0 aromatic heterocycles. The van der Waals surface area contributed by atoms with Crippen LogP contribution in [0.4, 0.5) is 4.39 Å². The second-order valence-corrected chi connectivity index (χ2v) is 5.74. The molecule has 0 unspecified atom stereocenters. The highest BCUT2D eigenvalue weighted by atomic mass is 35.5. The SMILES string of the molecule is CC(C)(C)NC(=O)COC(=O)Cc1c(F)cccc1Cl. The van der Waals surface area contributed by atoms with Crippen LogP contribution in [0.3, 0.4) is 0 Å². The lowest BCUT2D eigenvalue weighted by Crippen LogP contribution is -2.42. The van der Waals surface area contributed by atoms with Crippen molar-refractivity contribution in [1.82, 2.24) is 5.32 Å². The van der Waals surface area contributed by atoms with Crippen LogP contribution in [-0.2, 0) is 20.7 Å². The Kier molecular flexibility index (Phi) is 5.51. The number of carbonyl (C=O) groups is 2. The Balaban J connectivity index is 2.51. The van der Waals surface area contributed by atoms with Crippen molar-refractivity contribution in [2.45, 2.75) is 32.7 Å². The zero-order valence-electron chi connectivity index (χ0n) is 11.6. The molecule has 0 saturated heterocycles. The van der Waals surface area contributed by atoms with E-state index in [9.17, 15) is 14.0 Å². The molecule has 0 spiro atoms. The van der Waals surface area contributed by atoms with E-state index in [2.05, 4.69) is 5.32 Å². The predicted octanol–water partition coefficient (Wildman–Crippen LogP) is 2.48. The molecule has 0 radical (unpaired) electrons. The van der Waals surface area contributed by atoms with Crippen molar-refractivity contribution in [3.63, 3.8) is 0 Å². The highest BCUT2D eigenvalue weighted by Crippen LogP contribution is 2.19. The fraction of sp³-hybridized carbons (Fsp3) is 0.429. The molecule has 0 aliphatic carbocycles. The quantitative estimate of drug-likeness (QED) is 0.869. The molecule has 1 rings (SSSR count). The highest BCUT2D eigenvalue weighted by Gasteiger charge is 2.17. The molecule has 1 amide bonds. The normalized spacial score (nSPS) is 11.1. The van der Waals surface area contributed by atoms with Gasteiger partial charge in [-0.15, -0.1) is 0 Å². The topological polar surface area (TPSA) is 55.4 Å². The van der Waals surface area contributed by atoms with E-state index in [0.29, 0.717) is 0 Å². The van der Waals surface area contributed by atoms with Gasteiger partial charge < -0.3 is 10.1 Å². The van der Waals surface area contributed by atoms with E-state index in [1.165, 1.54) is 18.2 Å².